The first-order valence-corrected chi connectivity index (χ1v) is 17.1. The highest BCUT2D eigenvalue weighted by molar-refractivity contribution is 6.09. The molecule has 3 aromatic heterocycles. The smallest absolute Gasteiger partial charge is 0.475 e. The molecule has 10 nitrogen and oxygen atoms in total. The molecule has 5 aromatic rings. The zero-order chi connectivity index (χ0) is 36.8. The van der Waals surface area contributed by atoms with E-state index in [9.17, 15) is 18.0 Å². The zero-order valence-corrected chi connectivity index (χ0v) is 30.7. The fraction of sp³-hybridized carbons (Fsp3) is 0.421. The van der Waals surface area contributed by atoms with Crippen molar-refractivity contribution in [2.24, 2.45) is 10.8 Å². The average Bonchev–Trinajstić information content (AvgIpc) is 3.75. The summed E-state index contributed by atoms with van der Waals surface area (Å²) < 4.78 is 31.7. The Labute approximate surface area is 307 Å². The van der Waals surface area contributed by atoms with Crippen LogP contribution in [-0.4, -0.2) is 74.4 Å². The Bertz CT molecular complexity index is 1960. The van der Waals surface area contributed by atoms with Gasteiger partial charge in [0.05, 0.1) is 23.1 Å². The topological polar surface area (TPSA) is 139 Å². The number of benzene rings is 2. The van der Waals surface area contributed by atoms with Gasteiger partial charge in [-0.2, -0.15) is 18.3 Å². The second-order valence-corrected chi connectivity index (χ2v) is 14.8. The number of aromatic nitrogens is 4. The van der Waals surface area contributed by atoms with Gasteiger partial charge >= 0.3 is 12.1 Å². The maximum Gasteiger partial charge on any atom is 0.490 e. The lowest BCUT2D eigenvalue weighted by atomic mass is 9.84. The number of amides is 1. The summed E-state index contributed by atoms with van der Waals surface area (Å²) in [6.07, 6.45) is 3.79. The van der Waals surface area contributed by atoms with Crippen LogP contribution < -0.4 is 10.6 Å². The van der Waals surface area contributed by atoms with Crippen LogP contribution in [0.25, 0.3) is 32.9 Å². The number of aliphatic carboxylic acids is 1. The number of halogens is 4. The maximum atomic E-state index is 13.3. The van der Waals surface area contributed by atoms with Crippen LogP contribution in [0.15, 0.2) is 67.0 Å². The second kappa shape index (κ2) is 16.9. The molecular weight excluding hydrogens is 695 g/mol. The van der Waals surface area contributed by atoms with Gasteiger partial charge in [0.2, 0.25) is 0 Å². The number of rotatable bonds is 5. The predicted molar refractivity (Wildman–Crippen MR) is 201 cm³/mol. The summed E-state index contributed by atoms with van der Waals surface area (Å²) in [4.78, 5) is 32.6. The van der Waals surface area contributed by atoms with Gasteiger partial charge in [-0.25, -0.2) is 9.78 Å². The Kier molecular flexibility index (Phi) is 13.1. The summed E-state index contributed by atoms with van der Waals surface area (Å²) in [6.45, 7) is 14.6. The third-order valence-electron chi connectivity index (χ3n) is 9.17. The molecule has 0 bridgehead atoms. The van der Waals surface area contributed by atoms with Crippen molar-refractivity contribution in [3.63, 3.8) is 0 Å². The van der Waals surface area contributed by atoms with Gasteiger partial charge in [0.25, 0.3) is 5.91 Å². The number of carbonyl (C=O) groups excluding carboxylic acids is 1. The Hall–Kier alpha value is -4.46. The van der Waals surface area contributed by atoms with Crippen molar-refractivity contribution in [3.05, 3.63) is 78.4 Å². The molecule has 2 aromatic carbocycles. The van der Waals surface area contributed by atoms with Crippen LogP contribution in [0.5, 0.6) is 0 Å². The van der Waals surface area contributed by atoms with Crippen LogP contribution in [0.1, 0.15) is 69.6 Å². The quantitative estimate of drug-likeness (QED) is 0.122. The van der Waals surface area contributed by atoms with Gasteiger partial charge in [0.1, 0.15) is 5.69 Å². The number of fused-ring (bicyclic) bond motifs is 2. The van der Waals surface area contributed by atoms with E-state index in [4.69, 9.17) is 14.9 Å². The van der Waals surface area contributed by atoms with Crippen LogP contribution in [0.3, 0.4) is 0 Å². The molecule has 0 radical (unpaired) electrons. The van der Waals surface area contributed by atoms with Gasteiger partial charge in [-0.3, -0.25) is 14.8 Å². The van der Waals surface area contributed by atoms with Crippen LogP contribution >= 0.6 is 12.4 Å². The van der Waals surface area contributed by atoms with E-state index in [1.165, 1.54) is 38.8 Å². The number of carboxylic acid groups (broad SMARTS) is 1. The normalized spacial score (nSPS) is 16.8. The van der Waals surface area contributed by atoms with Crippen LogP contribution in [0.4, 0.5) is 18.9 Å². The van der Waals surface area contributed by atoms with Crippen molar-refractivity contribution in [1.29, 1.82) is 0 Å². The number of nitrogens with one attached hydrogen (secondary N) is 4. The Morgan fingerprint density at radius 1 is 0.962 bits per heavy atom. The fourth-order valence-corrected chi connectivity index (χ4v) is 6.64. The number of piperidine rings is 2. The highest BCUT2D eigenvalue weighted by Gasteiger charge is 2.38. The van der Waals surface area contributed by atoms with Gasteiger partial charge in [0.15, 0.2) is 0 Å². The molecule has 2 aliphatic heterocycles. The SMILES string of the molecule is CC1(C)CCCN(Cc2cccc(C(=O)Nc3cc(-c4cccc5[nH]ccc45)cc4[nH]ncc34)n2)C1.CC1(C)CCCNC1.Cl.O=C(O)C(F)(F)F. The molecular formula is C38H47ClF3N7O3. The largest absolute Gasteiger partial charge is 0.490 e. The molecule has 14 heteroatoms. The molecule has 0 saturated carbocycles. The highest BCUT2D eigenvalue weighted by atomic mass is 35.5. The molecule has 0 spiro atoms. The van der Waals surface area contributed by atoms with Crippen LogP contribution in [0.2, 0.25) is 0 Å². The van der Waals surface area contributed by atoms with E-state index in [2.05, 4.69) is 82.7 Å². The van der Waals surface area contributed by atoms with Crippen LogP contribution in [-0.2, 0) is 11.3 Å². The highest BCUT2D eigenvalue weighted by Crippen LogP contribution is 2.34. The molecule has 2 saturated heterocycles. The first kappa shape index (κ1) is 40.3. The molecule has 280 valence electrons. The van der Waals surface area contributed by atoms with E-state index in [0.717, 1.165) is 58.3 Å². The monoisotopic (exact) mass is 741 g/mol. The number of likely N-dealkylation sites (tertiary alicyclic amines) is 1. The van der Waals surface area contributed by atoms with Crippen LogP contribution in [0, 0.1) is 10.8 Å². The number of nitrogens with zero attached hydrogens (tertiary/aromatic N) is 3. The number of hydrogen-bond acceptors (Lipinski definition) is 6. The number of pyridine rings is 1. The molecule has 0 aliphatic carbocycles. The first-order valence-electron chi connectivity index (χ1n) is 17.1. The maximum absolute atomic E-state index is 13.3. The molecule has 7 rings (SSSR count). The summed E-state index contributed by atoms with van der Waals surface area (Å²) in [5.74, 6) is -2.98. The van der Waals surface area contributed by atoms with Crippen molar-refractivity contribution >= 4 is 51.8 Å². The molecule has 52 heavy (non-hydrogen) atoms. The van der Waals surface area contributed by atoms with E-state index in [0.29, 0.717) is 22.2 Å². The summed E-state index contributed by atoms with van der Waals surface area (Å²) in [7, 11) is 0. The predicted octanol–water partition coefficient (Wildman–Crippen LogP) is 8.43. The van der Waals surface area contributed by atoms with Gasteiger partial charge in [-0.1, -0.05) is 45.9 Å². The number of anilines is 1. The van der Waals surface area contributed by atoms with Gasteiger partial charge in [-0.05, 0) is 97.1 Å². The van der Waals surface area contributed by atoms with Crippen molar-refractivity contribution in [3.8, 4) is 11.1 Å². The average molecular weight is 742 g/mol. The lowest BCUT2D eigenvalue weighted by molar-refractivity contribution is -0.192. The van der Waals surface area contributed by atoms with Crippen molar-refractivity contribution in [1.82, 2.24) is 30.4 Å². The summed E-state index contributed by atoms with van der Waals surface area (Å²) in [6, 6.07) is 18.0. The standard InChI is InChI=1S/C29H30N6O.C7H15N.C2HF3O2.ClH/c1-29(2)11-5-13-35(18-29)17-20-6-3-9-25(32-20)28(36)33-26-14-19(15-27-23(26)16-31-34-27)21-7-4-8-24-22(21)10-12-30-24;1-7(2)4-3-5-8-6-7;3-2(4,5)1(6)7;/h3-4,6-10,12,14-16,30H,5,11,13,17-18H2,1-2H3,(H,31,34)(H,33,36);8H,3-6H2,1-2H3;(H,6,7);1H. The lowest BCUT2D eigenvalue weighted by Crippen LogP contribution is -2.39. The Morgan fingerprint density at radius 3 is 2.35 bits per heavy atom. The van der Waals surface area contributed by atoms with Crippen molar-refractivity contribution in [2.45, 2.75) is 66.1 Å². The number of aromatic amines is 2. The number of carboxylic acids is 1. The third-order valence-corrected chi connectivity index (χ3v) is 9.17. The summed E-state index contributed by atoms with van der Waals surface area (Å²) in [5, 5.41) is 22.9. The van der Waals surface area contributed by atoms with Crippen molar-refractivity contribution < 1.29 is 27.9 Å². The molecule has 2 fully saturated rings. The minimum Gasteiger partial charge on any atom is -0.475 e. The third kappa shape index (κ3) is 10.8. The summed E-state index contributed by atoms with van der Waals surface area (Å²) in [5.41, 5.74) is 6.95. The van der Waals surface area contributed by atoms with E-state index >= 15 is 0 Å². The molecule has 5 heterocycles. The van der Waals surface area contributed by atoms with E-state index in [-0.39, 0.29) is 18.3 Å². The number of carbonyl (C=O) groups is 2. The molecule has 2 aliphatic rings. The van der Waals surface area contributed by atoms with E-state index < -0.39 is 12.1 Å². The second-order valence-electron chi connectivity index (χ2n) is 14.8. The number of H-pyrrole nitrogens is 2. The van der Waals surface area contributed by atoms with Gasteiger partial charge in [-0.15, -0.1) is 12.4 Å². The minimum absolute atomic E-state index is 0. The number of alkyl halides is 3. The molecule has 1 amide bonds. The lowest BCUT2D eigenvalue weighted by Gasteiger charge is -2.37. The molecule has 0 atom stereocenters. The van der Waals surface area contributed by atoms with E-state index in [1.54, 1.807) is 12.3 Å². The minimum atomic E-state index is -5.08. The van der Waals surface area contributed by atoms with Gasteiger partial charge in [0, 0.05) is 42.1 Å². The first-order chi connectivity index (χ1) is 24.1. The zero-order valence-electron chi connectivity index (χ0n) is 29.9. The van der Waals surface area contributed by atoms with Gasteiger partial charge < -0.3 is 20.7 Å². The number of hydrogen-bond donors (Lipinski definition) is 5. The van der Waals surface area contributed by atoms with Crippen molar-refractivity contribution in [2.75, 3.05) is 31.5 Å². The Balaban J connectivity index is 0.000000317. The van der Waals surface area contributed by atoms with E-state index in [1.807, 2.05) is 30.5 Å². The molecule has 5 N–H and O–H groups in total. The molecule has 0 unspecified atom stereocenters. The fourth-order valence-electron chi connectivity index (χ4n) is 6.64. The summed E-state index contributed by atoms with van der Waals surface area (Å²) >= 11 is 0. The Morgan fingerprint density at radius 2 is 1.69 bits per heavy atom.